The highest BCUT2D eigenvalue weighted by Gasteiger charge is 2.33. The van der Waals surface area contributed by atoms with E-state index < -0.39 is 0 Å². The fourth-order valence-corrected chi connectivity index (χ4v) is 3.36. The van der Waals surface area contributed by atoms with Crippen molar-refractivity contribution < 1.29 is 9.90 Å². The van der Waals surface area contributed by atoms with E-state index >= 15 is 0 Å². The molecule has 0 aromatic rings. The standard InChI is InChI=1S/C13H24N2O2/c16-9-7-14-13(17)10-15-8-3-5-11-4-1-2-6-12(11)15/h11-12,16H,1-10H2,(H,14,17)/t11-,12-/m1/s1. The summed E-state index contributed by atoms with van der Waals surface area (Å²) >= 11 is 0. The summed E-state index contributed by atoms with van der Waals surface area (Å²) in [5.74, 6) is 0.883. The lowest BCUT2D eigenvalue weighted by Gasteiger charge is -2.43. The van der Waals surface area contributed by atoms with Crippen LogP contribution < -0.4 is 5.32 Å². The predicted molar refractivity (Wildman–Crippen MR) is 66.6 cm³/mol. The molecule has 0 unspecified atom stereocenters. The summed E-state index contributed by atoms with van der Waals surface area (Å²) in [5.41, 5.74) is 0. The van der Waals surface area contributed by atoms with Crippen LogP contribution in [0.4, 0.5) is 0 Å². The van der Waals surface area contributed by atoms with E-state index in [9.17, 15) is 4.79 Å². The first-order chi connectivity index (χ1) is 8.31. The minimum absolute atomic E-state index is 0.0256. The maximum atomic E-state index is 11.7. The molecule has 0 aromatic heterocycles. The average molecular weight is 240 g/mol. The van der Waals surface area contributed by atoms with Gasteiger partial charge in [-0.05, 0) is 38.1 Å². The van der Waals surface area contributed by atoms with Gasteiger partial charge in [0.25, 0.3) is 0 Å². The average Bonchev–Trinajstić information content (AvgIpc) is 2.37. The van der Waals surface area contributed by atoms with E-state index in [2.05, 4.69) is 10.2 Å². The number of aliphatic hydroxyl groups excluding tert-OH is 1. The lowest BCUT2D eigenvalue weighted by molar-refractivity contribution is -0.124. The molecule has 1 saturated carbocycles. The number of aliphatic hydroxyl groups is 1. The Balaban J connectivity index is 1.83. The molecule has 17 heavy (non-hydrogen) atoms. The first-order valence-electron chi connectivity index (χ1n) is 6.93. The molecule has 1 heterocycles. The van der Waals surface area contributed by atoms with Crippen molar-refractivity contribution >= 4 is 5.91 Å². The number of rotatable bonds is 4. The lowest BCUT2D eigenvalue weighted by Crippen LogP contribution is -2.50. The van der Waals surface area contributed by atoms with Crippen LogP contribution in [-0.2, 0) is 4.79 Å². The normalized spacial score (nSPS) is 29.7. The van der Waals surface area contributed by atoms with Crippen LogP contribution in [0.2, 0.25) is 0 Å². The SMILES string of the molecule is O=C(CN1CCC[C@H]2CCCC[C@H]21)NCCO. The van der Waals surface area contributed by atoms with Crippen LogP contribution in [0.3, 0.4) is 0 Å². The highest BCUT2D eigenvalue weighted by molar-refractivity contribution is 5.78. The number of carbonyl (C=O) groups is 1. The summed E-state index contributed by atoms with van der Waals surface area (Å²) in [4.78, 5) is 14.0. The molecule has 2 rings (SSSR count). The van der Waals surface area contributed by atoms with E-state index in [4.69, 9.17) is 5.11 Å². The summed E-state index contributed by atoms with van der Waals surface area (Å²) in [7, 11) is 0. The number of carbonyl (C=O) groups excluding carboxylic acids is 1. The monoisotopic (exact) mass is 240 g/mol. The van der Waals surface area contributed by atoms with E-state index in [0.717, 1.165) is 12.5 Å². The van der Waals surface area contributed by atoms with Crippen molar-refractivity contribution in [2.45, 2.75) is 44.6 Å². The number of piperidine rings is 1. The molecule has 2 aliphatic rings. The van der Waals surface area contributed by atoms with Crippen molar-refractivity contribution in [3.8, 4) is 0 Å². The molecule has 0 radical (unpaired) electrons. The Kier molecular flexibility index (Phi) is 4.80. The molecule has 1 aliphatic carbocycles. The third-order valence-electron chi connectivity index (χ3n) is 4.14. The molecule has 4 nitrogen and oxygen atoms in total. The van der Waals surface area contributed by atoms with Gasteiger partial charge in [0.2, 0.25) is 5.91 Å². The Hall–Kier alpha value is -0.610. The predicted octanol–water partition coefficient (Wildman–Crippen LogP) is 0.750. The van der Waals surface area contributed by atoms with E-state index in [1.165, 1.54) is 38.5 Å². The summed E-state index contributed by atoms with van der Waals surface area (Å²) in [6, 6.07) is 0.636. The number of hydrogen-bond acceptors (Lipinski definition) is 3. The summed E-state index contributed by atoms with van der Waals surface area (Å²) in [5, 5.41) is 11.4. The van der Waals surface area contributed by atoms with Gasteiger partial charge in [-0.25, -0.2) is 0 Å². The van der Waals surface area contributed by atoms with Gasteiger partial charge in [0.05, 0.1) is 13.2 Å². The second kappa shape index (κ2) is 6.36. The molecule has 2 atom stereocenters. The van der Waals surface area contributed by atoms with E-state index in [1.54, 1.807) is 0 Å². The van der Waals surface area contributed by atoms with Gasteiger partial charge in [0.1, 0.15) is 0 Å². The number of nitrogens with one attached hydrogen (secondary N) is 1. The van der Waals surface area contributed by atoms with Gasteiger partial charge in [0, 0.05) is 12.6 Å². The number of hydrogen-bond donors (Lipinski definition) is 2. The third kappa shape index (κ3) is 3.42. The van der Waals surface area contributed by atoms with E-state index in [-0.39, 0.29) is 12.5 Å². The molecule has 1 amide bonds. The molecule has 1 saturated heterocycles. The second-order valence-electron chi connectivity index (χ2n) is 5.30. The first kappa shape index (κ1) is 12.8. The first-order valence-corrected chi connectivity index (χ1v) is 6.93. The van der Waals surface area contributed by atoms with Gasteiger partial charge >= 0.3 is 0 Å². The molecule has 2 fully saturated rings. The Morgan fingerprint density at radius 1 is 1.24 bits per heavy atom. The molecule has 0 spiro atoms. The van der Waals surface area contributed by atoms with Gasteiger partial charge in [-0.2, -0.15) is 0 Å². The molecule has 1 aliphatic heterocycles. The van der Waals surface area contributed by atoms with Crippen molar-refractivity contribution in [2.24, 2.45) is 5.92 Å². The maximum Gasteiger partial charge on any atom is 0.234 e. The fourth-order valence-electron chi connectivity index (χ4n) is 3.36. The Labute approximate surface area is 103 Å². The van der Waals surface area contributed by atoms with Crippen LogP contribution in [0.5, 0.6) is 0 Å². The lowest BCUT2D eigenvalue weighted by atomic mass is 9.78. The van der Waals surface area contributed by atoms with Crippen LogP contribution in [-0.4, -0.2) is 48.2 Å². The molecular weight excluding hydrogens is 216 g/mol. The topological polar surface area (TPSA) is 52.6 Å². The highest BCUT2D eigenvalue weighted by Crippen LogP contribution is 2.34. The molecule has 98 valence electrons. The van der Waals surface area contributed by atoms with Gasteiger partial charge in [0.15, 0.2) is 0 Å². The van der Waals surface area contributed by atoms with Crippen LogP contribution >= 0.6 is 0 Å². The van der Waals surface area contributed by atoms with Gasteiger partial charge in [-0.3, -0.25) is 9.69 Å². The molecule has 2 N–H and O–H groups in total. The van der Waals surface area contributed by atoms with Gasteiger partial charge in [-0.15, -0.1) is 0 Å². The summed E-state index contributed by atoms with van der Waals surface area (Å²) < 4.78 is 0. The van der Waals surface area contributed by atoms with Crippen LogP contribution in [0.1, 0.15) is 38.5 Å². The minimum atomic E-state index is 0.0256. The number of amides is 1. The number of fused-ring (bicyclic) bond motifs is 1. The Bertz CT molecular complexity index is 256. The Morgan fingerprint density at radius 3 is 2.82 bits per heavy atom. The zero-order chi connectivity index (χ0) is 12.1. The zero-order valence-electron chi connectivity index (χ0n) is 10.5. The quantitative estimate of drug-likeness (QED) is 0.762. The second-order valence-corrected chi connectivity index (χ2v) is 5.30. The van der Waals surface area contributed by atoms with Crippen molar-refractivity contribution in [3.05, 3.63) is 0 Å². The van der Waals surface area contributed by atoms with E-state index in [0.29, 0.717) is 19.1 Å². The van der Waals surface area contributed by atoms with Crippen LogP contribution in [0, 0.1) is 5.92 Å². The Morgan fingerprint density at radius 2 is 2.00 bits per heavy atom. The molecule has 0 bridgehead atoms. The van der Waals surface area contributed by atoms with Crippen LogP contribution in [0.25, 0.3) is 0 Å². The maximum absolute atomic E-state index is 11.7. The third-order valence-corrected chi connectivity index (χ3v) is 4.14. The number of likely N-dealkylation sites (tertiary alicyclic amines) is 1. The highest BCUT2D eigenvalue weighted by atomic mass is 16.3. The largest absolute Gasteiger partial charge is 0.395 e. The zero-order valence-corrected chi connectivity index (χ0v) is 10.5. The smallest absolute Gasteiger partial charge is 0.234 e. The van der Waals surface area contributed by atoms with Gasteiger partial charge in [-0.1, -0.05) is 12.8 Å². The number of nitrogens with zero attached hydrogens (tertiary/aromatic N) is 1. The molecular formula is C13H24N2O2. The van der Waals surface area contributed by atoms with E-state index in [1.807, 2.05) is 0 Å². The van der Waals surface area contributed by atoms with Crippen molar-refractivity contribution in [1.29, 1.82) is 0 Å². The summed E-state index contributed by atoms with van der Waals surface area (Å²) in [6.45, 7) is 1.98. The minimum Gasteiger partial charge on any atom is -0.395 e. The van der Waals surface area contributed by atoms with Crippen molar-refractivity contribution in [1.82, 2.24) is 10.2 Å². The molecule has 4 heteroatoms. The summed E-state index contributed by atoms with van der Waals surface area (Å²) in [6.07, 6.45) is 7.87. The van der Waals surface area contributed by atoms with Crippen molar-refractivity contribution in [3.63, 3.8) is 0 Å². The van der Waals surface area contributed by atoms with Gasteiger partial charge < -0.3 is 10.4 Å². The van der Waals surface area contributed by atoms with Crippen LogP contribution in [0.15, 0.2) is 0 Å². The van der Waals surface area contributed by atoms with Crippen molar-refractivity contribution in [2.75, 3.05) is 26.2 Å². The fraction of sp³-hybridized carbons (Fsp3) is 0.923. The molecule has 0 aromatic carbocycles.